The van der Waals surface area contributed by atoms with Gasteiger partial charge in [0.15, 0.2) is 0 Å². The van der Waals surface area contributed by atoms with E-state index in [2.05, 4.69) is 10.3 Å². The van der Waals surface area contributed by atoms with Crippen LogP contribution in [0.2, 0.25) is 0 Å². The molecule has 23 heavy (non-hydrogen) atoms. The number of para-hydroxylation sites is 1. The Labute approximate surface area is 138 Å². The summed E-state index contributed by atoms with van der Waals surface area (Å²) in [4.78, 5) is 17.8. The zero-order valence-corrected chi connectivity index (χ0v) is 13.5. The van der Waals surface area contributed by atoms with E-state index in [1.807, 2.05) is 48.7 Å². The lowest BCUT2D eigenvalue weighted by Gasteiger charge is -2.12. The van der Waals surface area contributed by atoms with Gasteiger partial charge in [-0.1, -0.05) is 24.3 Å². The van der Waals surface area contributed by atoms with Gasteiger partial charge in [-0.3, -0.25) is 4.79 Å². The molecule has 0 saturated heterocycles. The van der Waals surface area contributed by atoms with Gasteiger partial charge >= 0.3 is 0 Å². The summed E-state index contributed by atoms with van der Waals surface area (Å²) >= 11 is 1.64. The molecular formula is C18H16N2O2S. The fraction of sp³-hybridized carbons (Fsp3) is 0.111. The number of nitrogens with one attached hydrogen (secondary N) is 1. The minimum absolute atomic E-state index is 0.231. The Kier molecular flexibility index (Phi) is 4.68. The Morgan fingerprint density at radius 2 is 2.04 bits per heavy atom. The summed E-state index contributed by atoms with van der Waals surface area (Å²) in [6.07, 6.45) is 1.61. The first-order valence-electron chi connectivity index (χ1n) is 7.31. The molecule has 0 aliphatic carbocycles. The second-order valence-electron chi connectivity index (χ2n) is 4.77. The Morgan fingerprint density at radius 1 is 1.17 bits per heavy atom. The van der Waals surface area contributed by atoms with Crippen molar-refractivity contribution >= 4 is 22.9 Å². The number of ether oxygens (including phenoxy) is 1. The molecular weight excluding hydrogens is 308 g/mol. The highest BCUT2D eigenvalue weighted by Gasteiger charge is 2.15. The normalized spacial score (nSPS) is 10.3. The predicted octanol–water partition coefficient (Wildman–Crippen LogP) is 4.46. The van der Waals surface area contributed by atoms with Gasteiger partial charge in [-0.15, -0.1) is 11.3 Å². The van der Waals surface area contributed by atoms with Crippen LogP contribution in [-0.4, -0.2) is 17.5 Å². The molecule has 0 radical (unpaired) electrons. The van der Waals surface area contributed by atoms with Gasteiger partial charge in [0.25, 0.3) is 5.91 Å². The van der Waals surface area contributed by atoms with Crippen molar-refractivity contribution in [2.24, 2.45) is 0 Å². The summed E-state index contributed by atoms with van der Waals surface area (Å²) in [5.74, 6) is 0.117. The smallest absolute Gasteiger partial charge is 0.261 e. The number of hydrogen-bond acceptors (Lipinski definition) is 4. The molecule has 0 spiro atoms. The second kappa shape index (κ2) is 7.07. The standard InChI is InChI=1S/C18H16N2O2S/c1-2-22-18-14(8-5-11-19-18)17(21)20-15-9-4-3-7-13(15)16-10-6-12-23-16/h3-12H,2H2,1H3,(H,20,21). The van der Waals surface area contributed by atoms with E-state index in [4.69, 9.17) is 4.74 Å². The molecule has 0 bridgehead atoms. The van der Waals surface area contributed by atoms with E-state index in [9.17, 15) is 4.79 Å². The van der Waals surface area contributed by atoms with Crippen LogP contribution in [0.1, 0.15) is 17.3 Å². The molecule has 0 fully saturated rings. The third-order valence-electron chi connectivity index (χ3n) is 3.26. The maximum absolute atomic E-state index is 12.6. The largest absolute Gasteiger partial charge is 0.477 e. The van der Waals surface area contributed by atoms with E-state index in [1.54, 1.807) is 29.7 Å². The predicted molar refractivity (Wildman–Crippen MR) is 93.1 cm³/mol. The van der Waals surface area contributed by atoms with Crippen molar-refractivity contribution in [2.45, 2.75) is 6.92 Å². The van der Waals surface area contributed by atoms with Crippen molar-refractivity contribution in [1.82, 2.24) is 4.98 Å². The Morgan fingerprint density at radius 3 is 2.83 bits per heavy atom. The number of rotatable bonds is 5. The van der Waals surface area contributed by atoms with Crippen LogP contribution in [0, 0.1) is 0 Å². The van der Waals surface area contributed by atoms with E-state index < -0.39 is 0 Å². The minimum Gasteiger partial charge on any atom is -0.477 e. The number of nitrogens with zero attached hydrogens (tertiary/aromatic N) is 1. The number of aromatic nitrogens is 1. The zero-order chi connectivity index (χ0) is 16.1. The quantitative estimate of drug-likeness (QED) is 0.754. The number of amides is 1. The molecule has 5 heteroatoms. The van der Waals surface area contributed by atoms with Crippen LogP contribution in [-0.2, 0) is 0 Å². The highest BCUT2D eigenvalue weighted by molar-refractivity contribution is 7.13. The average molecular weight is 324 g/mol. The summed E-state index contributed by atoms with van der Waals surface area (Å²) in [5.41, 5.74) is 2.19. The van der Waals surface area contributed by atoms with Gasteiger partial charge in [0.1, 0.15) is 5.56 Å². The molecule has 0 aliphatic rings. The van der Waals surface area contributed by atoms with Crippen molar-refractivity contribution in [1.29, 1.82) is 0 Å². The van der Waals surface area contributed by atoms with Crippen LogP contribution < -0.4 is 10.1 Å². The van der Waals surface area contributed by atoms with Gasteiger partial charge in [-0.05, 0) is 36.6 Å². The van der Waals surface area contributed by atoms with Crippen molar-refractivity contribution in [3.8, 4) is 16.3 Å². The molecule has 0 unspecified atom stereocenters. The molecule has 1 N–H and O–H groups in total. The van der Waals surface area contributed by atoms with E-state index in [0.29, 0.717) is 18.1 Å². The monoisotopic (exact) mass is 324 g/mol. The fourth-order valence-corrected chi connectivity index (χ4v) is 3.01. The Hall–Kier alpha value is -2.66. The number of pyridine rings is 1. The molecule has 4 nitrogen and oxygen atoms in total. The molecule has 3 rings (SSSR count). The SMILES string of the molecule is CCOc1ncccc1C(=O)Nc1ccccc1-c1cccs1. The highest BCUT2D eigenvalue weighted by Crippen LogP contribution is 2.31. The van der Waals surface area contributed by atoms with E-state index in [1.165, 1.54) is 0 Å². The van der Waals surface area contributed by atoms with Crippen LogP contribution in [0.3, 0.4) is 0 Å². The fourth-order valence-electron chi connectivity index (χ4n) is 2.24. The number of hydrogen-bond donors (Lipinski definition) is 1. The number of anilines is 1. The van der Waals surface area contributed by atoms with Crippen molar-refractivity contribution in [2.75, 3.05) is 11.9 Å². The molecule has 0 aliphatic heterocycles. The maximum atomic E-state index is 12.6. The van der Waals surface area contributed by atoms with Gasteiger partial charge in [-0.2, -0.15) is 0 Å². The van der Waals surface area contributed by atoms with Crippen molar-refractivity contribution in [3.63, 3.8) is 0 Å². The van der Waals surface area contributed by atoms with Gasteiger partial charge in [0.2, 0.25) is 5.88 Å². The summed E-state index contributed by atoms with van der Waals surface area (Å²) in [6, 6.07) is 15.2. The van der Waals surface area contributed by atoms with Gasteiger partial charge < -0.3 is 10.1 Å². The van der Waals surface area contributed by atoms with Crippen LogP contribution in [0.5, 0.6) is 5.88 Å². The lowest BCUT2D eigenvalue weighted by atomic mass is 10.1. The molecule has 3 aromatic rings. The van der Waals surface area contributed by atoms with Gasteiger partial charge in [0, 0.05) is 22.3 Å². The van der Waals surface area contributed by atoms with Gasteiger partial charge in [0.05, 0.1) is 6.61 Å². The molecule has 116 valence electrons. The number of carbonyl (C=O) groups excluding carboxylic acids is 1. The number of thiophene rings is 1. The van der Waals surface area contributed by atoms with Crippen molar-refractivity contribution in [3.05, 3.63) is 65.7 Å². The molecule has 0 saturated carbocycles. The molecule has 2 aromatic heterocycles. The zero-order valence-electron chi connectivity index (χ0n) is 12.7. The molecule has 1 amide bonds. The number of carbonyl (C=O) groups is 1. The average Bonchev–Trinajstić information content (AvgIpc) is 3.10. The van der Waals surface area contributed by atoms with Crippen molar-refractivity contribution < 1.29 is 9.53 Å². The minimum atomic E-state index is -0.231. The maximum Gasteiger partial charge on any atom is 0.261 e. The topological polar surface area (TPSA) is 51.2 Å². The third-order valence-corrected chi connectivity index (χ3v) is 4.16. The van der Waals surface area contributed by atoms with Crippen LogP contribution >= 0.6 is 11.3 Å². The summed E-state index contributed by atoms with van der Waals surface area (Å²) < 4.78 is 5.43. The first-order valence-corrected chi connectivity index (χ1v) is 8.19. The van der Waals surface area contributed by atoms with Crippen LogP contribution in [0.4, 0.5) is 5.69 Å². The molecule has 1 aromatic carbocycles. The summed E-state index contributed by atoms with van der Waals surface area (Å²) in [5, 5.41) is 4.98. The van der Waals surface area contributed by atoms with Gasteiger partial charge in [-0.25, -0.2) is 4.98 Å². The first-order chi connectivity index (χ1) is 11.3. The lowest BCUT2D eigenvalue weighted by Crippen LogP contribution is -2.14. The summed E-state index contributed by atoms with van der Waals surface area (Å²) in [7, 11) is 0. The van der Waals surface area contributed by atoms with E-state index >= 15 is 0 Å². The molecule has 0 atom stereocenters. The van der Waals surface area contributed by atoms with E-state index in [0.717, 1.165) is 16.1 Å². The third kappa shape index (κ3) is 3.40. The Balaban J connectivity index is 1.90. The van der Waals surface area contributed by atoms with E-state index in [-0.39, 0.29) is 5.91 Å². The van der Waals surface area contributed by atoms with Crippen LogP contribution in [0.15, 0.2) is 60.1 Å². The van der Waals surface area contributed by atoms with Crippen LogP contribution in [0.25, 0.3) is 10.4 Å². The highest BCUT2D eigenvalue weighted by atomic mass is 32.1. The lowest BCUT2D eigenvalue weighted by molar-refractivity contribution is 0.102. The number of benzene rings is 1. The second-order valence-corrected chi connectivity index (χ2v) is 5.71. The Bertz CT molecular complexity index is 800. The first kappa shape index (κ1) is 15.2. The summed E-state index contributed by atoms with van der Waals surface area (Å²) in [6.45, 7) is 2.32. The molecule has 2 heterocycles.